The molecular formula is C59H57ClF2N2O6S2. The van der Waals surface area contributed by atoms with Gasteiger partial charge in [0.15, 0.2) is 11.5 Å². The summed E-state index contributed by atoms with van der Waals surface area (Å²) in [5.74, 6) is 2.79. The molecule has 2 aliphatic heterocycles. The molecule has 0 aliphatic carbocycles. The molecule has 0 radical (unpaired) electrons. The average Bonchev–Trinajstić information content (AvgIpc) is 3.88. The number of aromatic hydroxyl groups is 2. The number of hydrogen-bond acceptors (Lipinski definition) is 10. The van der Waals surface area contributed by atoms with E-state index >= 15 is 0 Å². The maximum Gasteiger partial charge on any atom is 0.207 e. The summed E-state index contributed by atoms with van der Waals surface area (Å²) in [6.45, 7) is 10.9. The van der Waals surface area contributed by atoms with Crippen LogP contribution in [0.2, 0.25) is 5.02 Å². The van der Waals surface area contributed by atoms with Crippen molar-refractivity contribution in [2.24, 2.45) is 11.8 Å². The Morgan fingerprint density at radius 1 is 0.583 bits per heavy atom. The number of fused-ring (bicyclic) bond motifs is 2. The fraction of sp³-hybridized carbons (Fsp3) is 0.288. The summed E-state index contributed by atoms with van der Waals surface area (Å²) in [7, 11) is 0. The smallest absolute Gasteiger partial charge is 0.207 e. The van der Waals surface area contributed by atoms with Crippen molar-refractivity contribution in [3.05, 3.63) is 175 Å². The number of phenols is 2. The average molecular weight is 1030 g/mol. The number of benzene rings is 6. The van der Waals surface area contributed by atoms with Gasteiger partial charge in [0.25, 0.3) is 0 Å². The van der Waals surface area contributed by atoms with E-state index in [1.807, 2.05) is 81.4 Å². The Morgan fingerprint density at radius 3 is 1.51 bits per heavy atom. The van der Waals surface area contributed by atoms with Gasteiger partial charge in [0.1, 0.15) is 32.8 Å². The largest absolute Gasteiger partial charge is 0.508 e. The van der Waals surface area contributed by atoms with Crippen LogP contribution in [0.25, 0.3) is 20.2 Å². The number of ether oxygens (including phenoxy) is 2. The summed E-state index contributed by atoms with van der Waals surface area (Å²) in [6.07, 6.45) is 3.95. The van der Waals surface area contributed by atoms with Crippen molar-refractivity contribution in [3.63, 3.8) is 0 Å². The number of nitrogens with zero attached hydrogens (tertiary/aromatic N) is 2. The second kappa shape index (κ2) is 22.7. The Morgan fingerprint density at radius 2 is 1.06 bits per heavy atom. The molecule has 72 heavy (non-hydrogen) atoms. The summed E-state index contributed by atoms with van der Waals surface area (Å²) in [4.78, 5) is 32.7. The van der Waals surface area contributed by atoms with Gasteiger partial charge in [0.05, 0.1) is 13.3 Å². The van der Waals surface area contributed by atoms with Crippen molar-refractivity contribution in [1.29, 1.82) is 0 Å². The molecule has 4 heterocycles. The van der Waals surface area contributed by atoms with Crippen molar-refractivity contribution in [2.45, 2.75) is 46.5 Å². The van der Waals surface area contributed by atoms with E-state index in [-0.39, 0.29) is 48.3 Å². The predicted molar refractivity (Wildman–Crippen MR) is 287 cm³/mol. The van der Waals surface area contributed by atoms with E-state index < -0.39 is 0 Å². The number of phenolic OH excluding ortho intramolecular Hbond substituents is 2. The van der Waals surface area contributed by atoms with E-state index in [0.29, 0.717) is 48.9 Å². The highest BCUT2D eigenvalue weighted by Crippen LogP contribution is 2.45. The minimum atomic E-state index is -0.218. The van der Waals surface area contributed by atoms with Gasteiger partial charge in [0.2, 0.25) is 11.6 Å². The van der Waals surface area contributed by atoms with Gasteiger partial charge in [-0.25, -0.2) is 0 Å². The highest BCUT2D eigenvalue weighted by Gasteiger charge is 2.28. The number of carbonyl (C=O) groups is 2. The third-order valence-corrected chi connectivity index (χ3v) is 15.9. The molecule has 2 saturated heterocycles. The number of likely N-dealkylation sites (tertiary alicyclic amines) is 2. The Labute approximate surface area is 432 Å². The third kappa shape index (κ3) is 11.9. The number of rotatable bonds is 18. The van der Waals surface area contributed by atoms with Gasteiger partial charge < -0.3 is 29.5 Å². The maximum atomic E-state index is 13.6. The van der Waals surface area contributed by atoms with Gasteiger partial charge in [-0.05, 0) is 155 Å². The molecular weight excluding hydrogens is 970 g/mol. The van der Waals surface area contributed by atoms with Gasteiger partial charge in [0, 0.05) is 74.3 Å². The summed E-state index contributed by atoms with van der Waals surface area (Å²) < 4.78 is 39.4. The normalized spacial score (nSPS) is 14.2. The zero-order valence-electron chi connectivity index (χ0n) is 40.6. The van der Waals surface area contributed by atoms with Crippen LogP contribution in [-0.2, 0) is 12.8 Å². The van der Waals surface area contributed by atoms with Gasteiger partial charge >= 0.3 is 0 Å². The van der Waals surface area contributed by atoms with Crippen LogP contribution in [0.1, 0.15) is 71.1 Å². The minimum absolute atomic E-state index is 0.0826. The summed E-state index contributed by atoms with van der Waals surface area (Å²) in [5.41, 5.74) is 6.46. The molecule has 0 unspecified atom stereocenters. The number of alkyl halides is 2. The minimum Gasteiger partial charge on any atom is -0.508 e. The molecule has 8 nitrogen and oxygen atoms in total. The molecule has 0 saturated carbocycles. The summed E-state index contributed by atoms with van der Waals surface area (Å²) in [5, 5.41) is 22.0. The zero-order valence-corrected chi connectivity index (χ0v) is 42.9. The molecule has 13 heteroatoms. The predicted octanol–water partition coefficient (Wildman–Crippen LogP) is 14.5. The molecule has 2 fully saturated rings. The first kappa shape index (κ1) is 50.8. The van der Waals surface area contributed by atoms with E-state index in [1.54, 1.807) is 48.5 Å². The molecule has 10 rings (SSSR count). The summed E-state index contributed by atoms with van der Waals surface area (Å²) >= 11 is 8.81. The zero-order chi connectivity index (χ0) is 50.5. The molecule has 0 atom stereocenters. The van der Waals surface area contributed by atoms with Crippen molar-refractivity contribution in [2.75, 3.05) is 52.6 Å². The van der Waals surface area contributed by atoms with E-state index in [2.05, 4.69) is 21.9 Å². The second-order valence-electron chi connectivity index (χ2n) is 19.1. The van der Waals surface area contributed by atoms with Crippen molar-refractivity contribution in [3.8, 4) is 34.5 Å². The SMILES string of the molecule is Cc1ccc(C(=O)c2sc3cc(O)ccc3c2Oc2ccc(CCCN3CC(CF)C3)cc2)c(C)c1.Cc1ccc(Cl)cc1C(=O)c1sc2cc(O)ccc2c1Oc1ccc(CCCN2CC(CF)C2)cc1. The van der Waals surface area contributed by atoms with Crippen LogP contribution in [0.15, 0.2) is 121 Å². The lowest BCUT2D eigenvalue weighted by molar-refractivity contribution is 0.0801. The van der Waals surface area contributed by atoms with E-state index in [4.69, 9.17) is 21.1 Å². The van der Waals surface area contributed by atoms with E-state index in [0.717, 1.165) is 102 Å². The maximum absolute atomic E-state index is 13.6. The number of aryl methyl sites for hydroxylation is 5. The quantitative estimate of drug-likeness (QED) is 0.0820. The first-order valence-electron chi connectivity index (χ1n) is 24.4. The van der Waals surface area contributed by atoms with Crippen LogP contribution < -0.4 is 9.47 Å². The van der Waals surface area contributed by atoms with Crippen molar-refractivity contribution >= 4 is 66.0 Å². The first-order valence-corrected chi connectivity index (χ1v) is 26.4. The summed E-state index contributed by atoms with van der Waals surface area (Å²) in [6, 6.07) is 37.1. The lowest BCUT2D eigenvalue weighted by Crippen LogP contribution is -2.47. The van der Waals surface area contributed by atoms with Crippen LogP contribution in [-0.4, -0.2) is 84.2 Å². The standard InChI is InChI=1S/C30H30FNO3S.C29H27ClFNO3S/c1-19-5-11-25(20(2)14-19)28(34)30-29(26-12-8-23(33)15-27(26)36-30)35-24-9-6-21(7-10-24)4-3-13-32-17-22(16-31)18-32;1-18-4-7-21(30)13-25(18)27(34)29-28(24-11-8-22(33)14-26(24)36-29)35-23-9-5-19(6-10-23)3-2-12-32-16-20(15-31)17-32/h5-12,14-15,22,33H,3-4,13,16-18H2,1-2H3;4-11,13-14,20,33H,2-3,12,15-17H2,1H3. The highest BCUT2D eigenvalue weighted by atomic mass is 35.5. The molecule has 0 bridgehead atoms. The first-order chi connectivity index (χ1) is 34.8. The Balaban J connectivity index is 0.000000178. The van der Waals surface area contributed by atoms with Gasteiger partial charge in [-0.15, -0.1) is 22.7 Å². The van der Waals surface area contributed by atoms with Crippen LogP contribution in [0.3, 0.4) is 0 Å². The molecule has 6 aromatic carbocycles. The molecule has 2 N–H and O–H groups in total. The molecule has 0 spiro atoms. The van der Waals surface area contributed by atoms with Crippen LogP contribution in [0.5, 0.6) is 34.5 Å². The molecule has 2 aliphatic rings. The third-order valence-electron chi connectivity index (χ3n) is 13.4. The number of halogens is 3. The van der Waals surface area contributed by atoms with Gasteiger partial charge in [-0.3, -0.25) is 18.4 Å². The molecule has 0 amide bonds. The highest BCUT2D eigenvalue weighted by molar-refractivity contribution is 7.22. The lowest BCUT2D eigenvalue weighted by Gasteiger charge is -2.37. The van der Waals surface area contributed by atoms with E-state index in [1.165, 1.54) is 33.8 Å². The van der Waals surface area contributed by atoms with Crippen LogP contribution in [0.4, 0.5) is 8.78 Å². The van der Waals surface area contributed by atoms with Gasteiger partial charge in [-0.1, -0.05) is 65.7 Å². The Bertz CT molecular complexity index is 3220. The molecule has 2 aromatic heterocycles. The fourth-order valence-corrected chi connectivity index (χ4v) is 11.8. The van der Waals surface area contributed by atoms with Crippen LogP contribution in [0, 0.1) is 32.6 Å². The topological polar surface area (TPSA) is 99.5 Å². The lowest BCUT2D eigenvalue weighted by atomic mass is 10.0. The monoisotopic (exact) mass is 1030 g/mol. The number of thiophene rings is 2. The Hall–Kier alpha value is -6.15. The van der Waals surface area contributed by atoms with Crippen LogP contribution >= 0.6 is 34.3 Å². The van der Waals surface area contributed by atoms with Crippen molar-refractivity contribution in [1.82, 2.24) is 9.80 Å². The molecule has 8 aromatic rings. The second-order valence-corrected chi connectivity index (χ2v) is 21.6. The Kier molecular flexibility index (Phi) is 16.0. The molecule has 372 valence electrons. The van der Waals surface area contributed by atoms with E-state index in [9.17, 15) is 28.6 Å². The number of hydrogen-bond donors (Lipinski definition) is 2. The number of ketones is 2. The van der Waals surface area contributed by atoms with Crippen molar-refractivity contribution < 1.29 is 38.1 Å². The number of carbonyl (C=O) groups excluding carboxylic acids is 2. The fourth-order valence-electron chi connectivity index (χ4n) is 9.39. The van der Waals surface area contributed by atoms with Gasteiger partial charge in [-0.2, -0.15) is 0 Å².